The van der Waals surface area contributed by atoms with Gasteiger partial charge in [0, 0.05) is 5.92 Å². The van der Waals surface area contributed by atoms with Crippen molar-refractivity contribution in [2.24, 2.45) is 17.8 Å². The van der Waals surface area contributed by atoms with Gasteiger partial charge < -0.3 is 28.4 Å². The minimum Gasteiger partial charge on any atom is -0.461 e. The lowest BCUT2D eigenvalue weighted by molar-refractivity contribution is -0.155. The topological polar surface area (TPSA) is 134 Å². The summed E-state index contributed by atoms with van der Waals surface area (Å²) >= 11 is 0. The predicted octanol–water partition coefficient (Wildman–Crippen LogP) is 1.57. The molecule has 0 bridgehead atoms. The highest BCUT2D eigenvalue weighted by atomic mass is 19.1. The van der Waals surface area contributed by atoms with Crippen molar-refractivity contribution in [2.75, 3.05) is 13.2 Å². The number of alkyl carbamates (subject to hydrolysis) is 1. The lowest BCUT2D eigenvalue weighted by Gasteiger charge is -2.32. The molecule has 168 valence electrons. The van der Waals surface area contributed by atoms with Gasteiger partial charge in [0.2, 0.25) is 0 Å². The molecule has 2 aliphatic rings. The third-order valence-corrected chi connectivity index (χ3v) is 5.43. The van der Waals surface area contributed by atoms with Crippen LogP contribution in [0.25, 0.3) is 0 Å². The quantitative estimate of drug-likeness (QED) is 0.346. The Kier molecular flexibility index (Phi) is 6.32. The van der Waals surface area contributed by atoms with E-state index in [2.05, 4.69) is 22.9 Å². The number of carbonyl (C=O) groups is 3. The van der Waals surface area contributed by atoms with Crippen LogP contribution in [-0.4, -0.2) is 43.0 Å². The first-order chi connectivity index (χ1) is 14.8. The SMILES string of the molecule is C=CCOC(=O)[C@H]1[C@@H]2C[C@H](F)[C@@](NC(=O)OCc3oc(=O)oc3C)(C(=O)OCC=C)[C@@H]21. The fourth-order valence-corrected chi connectivity index (χ4v) is 4.05. The number of nitrogens with one attached hydrogen (secondary N) is 1. The number of fused-ring (bicyclic) bond motifs is 1. The average Bonchev–Trinajstić information content (AvgIpc) is 3.24. The molecule has 0 unspecified atom stereocenters. The molecule has 0 spiro atoms. The van der Waals surface area contributed by atoms with Crippen molar-refractivity contribution in [1.82, 2.24) is 5.32 Å². The average molecular weight is 439 g/mol. The summed E-state index contributed by atoms with van der Waals surface area (Å²) in [6.45, 7) is 7.57. The summed E-state index contributed by atoms with van der Waals surface area (Å²) in [5.74, 6) is -4.71. The number of halogens is 1. The van der Waals surface area contributed by atoms with Gasteiger partial charge in [-0.3, -0.25) is 4.79 Å². The third kappa shape index (κ3) is 4.12. The van der Waals surface area contributed by atoms with Gasteiger partial charge in [-0.1, -0.05) is 25.3 Å². The Labute approximate surface area is 176 Å². The molecule has 2 fully saturated rings. The molecular weight excluding hydrogens is 417 g/mol. The highest BCUT2D eigenvalue weighted by molar-refractivity contribution is 5.91. The Morgan fingerprint density at radius 3 is 2.48 bits per heavy atom. The van der Waals surface area contributed by atoms with Crippen LogP contribution in [0, 0.1) is 24.7 Å². The minimum absolute atomic E-state index is 0.0353. The third-order valence-electron chi connectivity index (χ3n) is 5.43. The summed E-state index contributed by atoms with van der Waals surface area (Å²) in [6, 6.07) is 0. The van der Waals surface area contributed by atoms with E-state index in [9.17, 15) is 19.2 Å². The van der Waals surface area contributed by atoms with Gasteiger partial charge in [-0.15, -0.1) is 0 Å². The second kappa shape index (κ2) is 8.78. The number of aryl methyl sites for hydroxylation is 1. The molecule has 2 saturated carbocycles. The summed E-state index contributed by atoms with van der Waals surface area (Å²) in [4.78, 5) is 48.6. The van der Waals surface area contributed by atoms with Gasteiger partial charge >= 0.3 is 23.9 Å². The van der Waals surface area contributed by atoms with Crippen molar-refractivity contribution >= 4 is 18.0 Å². The lowest BCUT2D eigenvalue weighted by Crippen LogP contribution is -2.62. The first-order valence-corrected chi connectivity index (χ1v) is 9.50. The summed E-state index contributed by atoms with van der Waals surface area (Å²) < 4.78 is 39.5. The summed E-state index contributed by atoms with van der Waals surface area (Å²) in [5, 5.41) is 2.26. The molecule has 0 aromatic carbocycles. The van der Waals surface area contributed by atoms with E-state index >= 15 is 4.39 Å². The summed E-state index contributed by atoms with van der Waals surface area (Å²) in [5.41, 5.74) is -2.13. The van der Waals surface area contributed by atoms with E-state index in [0.29, 0.717) is 0 Å². The van der Waals surface area contributed by atoms with Gasteiger partial charge in [0.05, 0.1) is 5.92 Å². The number of rotatable bonds is 9. The van der Waals surface area contributed by atoms with E-state index in [-0.39, 0.29) is 31.2 Å². The van der Waals surface area contributed by atoms with Crippen LogP contribution < -0.4 is 11.1 Å². The van der Waals surface area contributed by atoms with E-state index in [1.165, 1.54) is 19.1 Å². The fraction of sp³-hybridized carbons (Fsp3) is 0.500. The van der Waals surface area contributed by atoms with E-state index in [0.717, 1.165) is 0 Å². The highest BCUT2D eigenvalue weighted by Gasteiger charge is 2.77. The first kappa shape index (κ1) is 22.3. The number of esters is 2. The molecule has 0 radical (unpaired) electrons. The summed E-state index contributed by atoms with van der Waals surface area (Å²) in [7, 11) is 0. The van der Waals surface area contributed by atoms with Crippen LogP contribution in [0.4, 0.5) is 9.18 Å². The second-order valence-corrected chi connectivity index (χ2v) is 7.23. The zero-order chi connectivity index (χ0) is 22.8. The van der Waals surface area contributed by atoms with Crippen LogP contribution in [0.1, 0.15) is 17.9 Å². The molecule has 1 heterocycles. The van der Waals surface area contributed by atoms with Crippen molar-refractivity contribution in [3.8, 4) is 0 Å². The first-order valence-electron chi connectivity index (χ1n) is 9.50. The van der Waals surface area contributed by atoms with Crippen LogP contribution in [-0.2, 0) is 30.4 Å². The van der Waals surface area contributed by atoms with E-state index < -0.39 is 59.9 Å². The van der Waals surface area contributed by atoms with Gasteiger partial charge in [-0.05, 0) is 19.3 Å². The lowest BCUT2D eigenvalue weighted by atomic mass is 9.88. The van der Waals surface area contributed by atoms with Gasteiger partial charge in [0.15, 0.2) is 23.7 Å². The van der Waals surface area contributed by atoms with Crippen molar-refractivity contribution in [3.05, 3.63) is 47.4 Å². The van der Waals surface area contributed by atoms with Gasteiger partial charge in [-0.2, -0.15) is 0 Å². The standard InChI is InChI=1S/C20H22FNO9/c1-4-6-27-16(23)14-11-8-13(21)20(15(11)14,17(24)28-7-5-2)22-18(25)29-9-12-10(3)30-19(26)31-12/h4-5,11,13-15H,1-2,6-9H2,3H3,(H,22,25)/t11-,13-,14-,15-,20-/m0/s1. The molecule has 1 N–H and O–H groups in total. The van der Waals surface area contributed by atoms with Crippen LogP contribution in [0.5, 0.6) is 0 Å². The number of ether oxygens (including phenoxy) is 3. The zero-order valence-electron chi connectivity index (χ0n) is 16.8. The molecule has 1 aromatic rings. The predicted molar refractivity (Wildman–Crippen MR) is 100 cm³/mol. The molecular formula is C20H22FNO9. The van der Waals surface area contributed by atoms with Crippen LogP contribution in [0.2, 0.25) is 0 Å². The largest absolute Gasteiger partial charge is 0.519 e. The highest BCUT2D eigenvalue weighted by Crippen LogP contribution is 2.63. The molecule has 0 saturated heterocycles. The van der Waals surface area contributed by atoms with Crippen LogP contribution >= 0.6 is 0 Å². The van der Waals surface area contributed by atoms with Gasteiger partial charge in [0.1, 0.15) is 19.4 Å². The number of carbonyl (C=O) groups excluding carboxylic acids is 3. The number of amides is 1. The smallest absolute Gasteiger partial charge is 0.461 e. The van der Waals surface area contributed by atoms with Crippen molar-refractivity contribution in [1.29, 1.82) is 0 Å². The monoisotopic (exact) mass is 439 g/mol. The Bertz CT molecular complexity index is 951. The van der Waals surface area contributed by atoms with Gasteiger partial charge in [0.25, 0.3) is 0 Å². The number of hydrogen-bond acceptors (Lipinski definition) is 9. The molecule has 2 aliphatic carbocycles. The Morgan fingerprint density at radius 1 is 1.19 bits per heavy atom. The van der Waals surface area contributed by atoms with E-state index in [1.54, 1.807) is 0 Å². The second-order valence-electron chi connectivity index (χ2n) is 7.23. The summed E-state index contributed by atoms with van der Waals surface area (Å²) in [6.07, 6.45) is -0.448. The minimum atomic E-state index is -2.13. The van der Waals surface area contributed by atoms with Gasteiger partial charge in [-0.25, -0.2) is 18.8 Å². The molecule has 1 aromatic heterocycles. The van der Waals surface area contributed by atoms with Crippen LogP contribution in [0.3, 0.4) is 0 Å². The number of alkyl halides is 1. The molecule has 3 rings (SSSR count). The normalized spacial score (nSPS) is 28.2. The van der Waals surface area contributed by atoms with Crippen molar-refractivity contribution in [2.45, 2.75) is 31.7 Å². The molecule has 5 atom stereocenters. The zero-order valence-corrected chi connectivity index (χ0v) is 16.8. The molecule has 31 heavy (non-hydrogen) atoms. The van der Waals surface area contributed by atoms with E-state index in [4.69, 9.17) is 18.6 Å². The number of hydrogen-bond donors (Lipinski definition) is 1. The molecule has 10 nitrogen and oxygen atoms in total. The van der Waals surface area contributed by atoms with Crippen molar-refractivity contribution < 1.29 is 41.8 Å². The fourth-order valence-electron chi connectivity index (χ4n) is 4.05. The molecule has 1 amide bonds. The maximum atomic E-state index is 15.0. The maximum Gasteiger partial charge on any atom is 0.519 e. The van der Waals surface area contributed by atoms with Crippen LogP contribution in [0.15, 0.2) is 38.9 Å². The molecule has 11 heteroatoms. The molecule has 0 aliphatic heterocycles. The van der Waals surface area contributed by atoms with Crippen molar-refractivity contribution in [3.63, 3.8) is 0 Å². The Balaban J connectivity index is 1.77. The maximum absolute atomic E-state index is 15.0. The van der Waals surface area contributed by atoms with E-state index in [1.807, 2.05) is 0 Å². The Morgan fingerprint density at radius 2 is 1.87 bits per heavy atom. The Hall–Kier alpha value is -3.37.